The first-order valence-corrected chi connectivity index (χ1v) is 41.5. The summed E-state index contributed by atoms with van der Waals surface area (Å²) in [4.78, 5) is 4.79. The highest BCUT2D eigenvalue weighted by atomic mass is 15.1. The Morgan fingerprint density at radius 3 is 0.920 bits per heavy atom. The van der Waals surface area contributed by atoms with Crippen LogP contribution in [0.2, 0.25) is 0 Å². The van der Waals surface area contributed by atoms with E-state index < -0.39 is 0 Å². The van der Waals surface area contributed by atoms with Crippen LogP contribution in [0.1, 0.15) is 86.5 Å². The smallest absolute Gasteiger partial charge is 0.0468 e. The van der Waals surface area contributed by atoms with E-state index in [0.717, 1.165) is 81.5 Å². The Hall–Kier alpha value is -12.1. The van der Waals surface area contributed by atoms with Gasteiger partial charge in [-0.05, 0) is 335 Å². The standard InChI is InChI=1S/C56H45N.C54H43N/c1-2-8-39(9-3-1)41-16-23-49(24-17-41)57(50-25-18-42(19-26-50)45-15-14-40-10-4-5-11-44(40)35-45)51-27-20-43(21-28-51)46-22-29-55-53(36-46)52-12-6-7-13-54(52)56(55)47-31-37-30-38(33-47)34-48(56)32-37;1-2-8-37(9-3-1)38-16-21-45(22-17-38)55(47-25-26-49-42(33-47)15-14-40-10-4-5-11-48(40)49)46-23-18-39(19-24-46)41-20-27-53-51(34-41)50-12-6-7-13-52(50)54(53)43-29-35-28-36(31-43)32-44(54)30-35/h1-29,35-38,47-48H,30-34H2;1-27,33-36,43-44H,28-32H2. The van der Waals surface area contributed by atoms with E-state index >= 15 is 0 Å². The zero-order valence-corrected chi connectivity index (χ0v) is 63.2. The van der Waals surface area contributed by atoms with Crippen LogP contribution in [0.3, 0.4) is 0 Å². The maximum atomic E-state index is 2.54. The van der Waals surface area contributed by atoms with Crippen LogP contribution < -0.4 is 9.80 Å². The van der Waals surface area contributed by atoms with Crippen LogP contribution in [0, 0.1) is 47.3 Å². The third-order valence-corrected chi connectivity index (χ3v) is 28.7. The lowest BCUT2D eigenvalue weighted by molar-refractivity contribution is -0.0399. The molecule has 26 rings (SSSR count). The van der Waals surface area contributed by atoms with Crippen molar-refractivity contribution in [2.45, 2.75) is 75.0 Å². The number of nitrogens with zero attached hydrogens (tertiary/aromatic N) is 2. The second-order valence-corrected chi connectivity index (χ2v) is 34.4. The lowest BCUT2D eigenvalue weighted by atomic mass is 9.43. The van der Waals surface area contributed by atoms with Crippen LogP contribution in [0.25, 0.3) is 110 Å². The van der Waals surface area contributed by atoms with Gasteiger partial charge in [-0.25, -0.2) is 0 Å². The Kier molecular flexibility index (Phi) is 15.4. The van der Waals surface area contributed by atoms with Crippen LogP contribution in [0.4, 0.5) is 34.1 Å². The quantitative estimate of drug-likeness (QED) is 0.119. The molecule has 0 aliphatic heterocycles. The molecule has 2 heteroatoms. The van der Waals surface area contributed by atoms with Crippen molar-refractivity contribution in [1.29, 1.82) is 0 Å². The van der Waals surface area contributed by atoms with Gasteiger partial charge in [-0.3, -0.25) is 0 Å². The Balaban J connectivity index is 0.000000134. The Morgan fingerprint density at radius 1 is 0.179 bits per heavy atom. The molecule has 8 saturated carbocycles. The number of fused-ring (bicyclic) bond motifs is 10. The van der Waals surface area contributed by atoms with E-state index in [9.17, 15) is 0 Å². The highest BCUT2D eigenvalue weighted by molar-refractivity contribution is 6.09. The molecule has 16 aromatic carbocycles. The maximum Gasteiger partial charge on any atom is 0.0468 e. The van der Waals surface area contributed by atoms with Crippen molar-refractivity contribution in [1.82, 2.24) is 0 Å². The fourth-order valence-electron chi connectivity index (χ4n) is 24.4. The van der Waals surface area contributed by atoms with Gasteiger partial charge in [-0.1, -0.05) is 273 Å². The number of rotatable bonds is 11. The zero-order valence-electron chi connectivity index (χ0n) is 63.2. The van der Waals surface area contributed by atoms with Crippen molar-refractivity contribution in [3.05, 3.63) is 386 Å². The van der Waals surface area contributed by atoms with Gasteiger partial charge in [0.2, 0.25) is 0 Å². The van der Waals surface area contributed by atoms with Crippen molar-refractivity contribution in [3.63, 3.8) is 0 Å². The molecule has 10 aliphatic carbocycles. The largest absolute Gasteiger partial charge is 0.311 e. The fourth-order valence-corrected chi connectivity index (χ4v) is 24.4. The minimum absolute atomic E-state index is 0.210. The van der Waals surface area contributed by atoms with Crippen molar-refractivity contribution in [3.8, 4) is 77.9 Å². The summed E-state index contributed by atoms with van der Waals surface area (Å²) in [5.74, 6) is 6.98. The molecule has 0 amide bonds. The van der Waals surface area contributed by atoms with Crippen LogP contribution in [-0.4, -0.2) is 0 Å². The SMILES string of the molecule is c1ccc(-c2ccc(N(c3ccc(-c4ccc5c(c4)-c4ccccc4C54C5CC6CC(C5)CC4C6)cc3)c3ccc(-c4ccc5ccccc5c4)cc3)cc2)cc1.c1ccc(-c2ccc(N(c3ccc(-c4ccc5c(c4)-c4ccccc4C54C5CC6CC(C5)CC4C6)cc3)c3ccc4c(ccc5ccccc54)c3)cc2)cc1. The van der Waals surface area contributed by atoms with Gasteiger partial charge < -0.3 is 9.80 Å². The predicted molar refractivity (Wildman–Crippen MR) is 468 cm³/mol. The van der Waals surface area contributed by atoms with Gasteiger partial charge in [-0.15, -0.1) is 0 Å². The Labute approximate surface area is 658 Å². The molecule has 0 heterocycles. The van der Waals surface area contributed by atoms with Crippen LogP contribution >= 0.6 is 0 Å². The molecule has 0 radical (unpaired) electrons. The van der Waals surface area contributed by atoms with Gasteiger partial charge in [-0.2, -0.15) is 0 Å². The number of anilines is 6. The van der Waals surface area contributed by atoms with Crippen LogP contribution in [0.5, 0.6) is 0 Å². The molecule has 0 saturated heterocycles. The molecule has 0 atom stereocenters. The molecule has 10 aliphatic rings. The van der Waals surface area contributed by atoms with Crippen LogP contribution in [0.15, 0.2) is 364 Å². The van der Waals surface area contributed by atoms with Gasteiger partial charge in [0.05, 0.1) is 0 Å². The molecular formula is C110H88N2. The molecule has 8 fully saturated rings. The number of benzene rings is 16. The average molecular weight is 1440 g/mol. The van der Waals surface area contributed by atoms with Gasteiger partial charge in [0.25, 0.3) is 0 Å². The van der Waals surface area contributed by atoms with Gasteiger partial charge in [0.15, 0.2) is 0 Å². The van der Waals surface area contributed by atoms with Crippen molar-refractivity contribution in [2.24, 2.45) is 47.3 Å². The van der Waals surface area contributed by atoms with E-state index in [0.29, 0.717) is 0 Å². The molecule has 8 bridgehead atoms. The van der Waals surface area contributed by atoms with Crippen LogP contribution in [-0.2, 0) is 10.8 Å². The summed E-state index contributed by atoms with van der Waals surface area (Å²) in [5.41, 5.74) is 32.2. The molecule has 112 heavy (non-hydrogen) atoms. The van der Waals surface area contributed by atoms with E-state index in [1.165, 1.54) is 174 Å². The third kappa shape index (κ3) is 10.6. The summed E-state index contributed by atoms with van der Waals surface area (Å²) in [6.45, 7) is 0. The monoisotopic (exact) mass is 1440 g/mol. The summed E-state index contributed by atoms with van der Waals surface area (Å²) >= 11 is 0. The summed E-state index contributed by atoms with van der Waals surface area (Å²) < 4.78 is 0. The van der Waals surface area contributed by atoms with E-state index in [-0.39, 0.29) is 10.8 Å². The lowest BCUT2D eigenvalue weighted by Crippen LogP contribution is -2.55. The van der Waals surface area contributed by atoms with Gasteiger partial charge in [0.1, 0.15) is 0 Å². The van der Waals surface area contributed by atoms with Gasteiger partial charge >= 0.3 is 0 Å². The second-order valence-electron chi connectivity index (χ2n) is 34.4. The molecule has 0 unspecified atom stereocenters. The van der Waals surface area contributed by atoms with Gasteiger partial charge in [0, 0.05) is 45.0 Å². The van der Waals surface area contributed by atoms with Crippen molar-refractivity contribution in [2.75, 3.05) is 9.80 Å². The third-order valence-electron chi connectivity index (χ3n) is 28.7. The van der Waals surface area contributed by atoms with E-state index in [1.54, 1.807) is 22.3 Å². The molecule has 2 spiro atoms. The molecule has 0 N–H and O–H groups in total. The number of hydrogen-bond donors (Lipinski definition) is 0. The summed E-state index contributed by atoms with van der Waals surface area (Å²) in [7, 11) is 0. The summed E-state index contributed by atoms with van der Waals surface area (Å²) in [5, 5.41) is 7.62. The number of hydrogen-bond acceptors (Lipinski definition) is 2. The minimum Gasteiger partial charge on any atom is -0.311 e. The topological polar surface area (TPSA) is 6.48 Å². The Bertz CT molecular complexity index is 6260. The van der Waals surface area contributed by atoms with E-state index in [1.807, 2.05) is 0 Å². The highest BCUT2D eigenvalue weighted by Crippen LogP contribution is 2.71. The summed E-state index contributed by atoms with van der Waals surface area (Å²) in [6, 6.07) is 136. The molecular weight excluding hydrogens is 1350 g/mol. The highest BCUT2D eigenvalue weighted by Gasteiger charge is 2.63. The first kappa shape index (κ1) is 65.8. The second kappa shape index (κ2) is 26.3. The maximum absolute atomic E-state index is 2.54. The van der Waals surface area contributed by atoms with Crippen molar-refractivity contribution >= 4 is 66.4 Å². The average Bonchev–Trinajstić information content (AvgIpc) is 1.48. The molecule has 0 aromatic heterocycles. The Morgan fingerprint density at radius 2 is 0.473 bits per heavy atom. The fraction of sp³-hybridized carbons (Fsp3) is 0.182. The summed E-state index contributed by atoms with van der Waals surface area (Å²) in [6.07, 6.45) is 14.3. The first-order chi connectivity index (χ1) is 55.4. The minimum atomic E-state index is 0.210. The molecule has 2 nitrogen and oxygen atoms in total. The van der Waals surface area contributed by atoms with Crippen molar-refractivity contribution < 1.29 is 0 Å². The first-order valence-electron chi connectivity index (χ1n) is 41.5. The van der Waals surface area contributed by atoms with E-state index in [2.05, 4.69) is 374 Å². The zero-order chi connectivity index (χ0) is 73.6. The normalized spacial score (nSPS) is 22.7. The molecule has 538 valence electrons. The lowest BCUT2D eigenvalue weighted by Gasteiger charge is -2.61. The predicted octanol–water partition coefficient (Wildman–Crippen LogP) is 29.6. The van der Waals surface area contributed by atoms with E-state index in [4.69, 9.17) is 0 Å². The molecule has 16 aromatic rings.